The van der Waals surface area contributed by atoms with Gasteiger partial charge in [0.15, 0.2) is 10.9 Å². The summed E-state index contributed by atoms with van der Waals surface area (Å²) >= 11 is 7.49. The van der Waals surface area contributed by atoms with Gasteiger partial charge in [-0.15, -0.1) is 0 Å². The molecule has 0 unspecified atom stereocenters. The van der Waals surface area contributed by atoms with Crippen molar-refractivity contribution in [3.8, 4) is 5.75 Å². The fraction of sp³-hybridized carbons (Fsp3) is 0.0435. The van der Waals surface area contributed by atoms with Gasteiger partial charge in [-0.25, -0.2) is 0 Å². The first-order valence-electron chi connectivity index (χ1n) is 9.15. The lowest BCUT2D eigenvalue weighted by Gasteiger charge is -2.11. The minimum Gasteiger partial charge on any atom is -0.489 e. The number of hydrogen-bond donors (Lipinski definition) is 2. The normalized spacial score (nSPS) is 10.6. The number of hydrogen-bond acceptors (Lipinski definition) is 4. The van der Waals surface area contributed by atoms with Crippen molar-refractivity contribution in [2.24, 2.45) is 0 Å². The molecule has 0 bridgehead atoms. The van der Waals surface area contributed by atoms with E-state index in [1.54, 1.807) is 6.07 Å². The predicted octanol–water partition coefficient (Wildman–Crippen LogP) is 5.74. The lowest BCUT2D eigenvalue weighted by atomic mass is 10.2. The molecule has 0 aliphatic heterocycles. The number of amides is 1. The van der Waals surface area contributed by atoms with Gasteiger partial charge in [0, 0.05) is 20.7 Å². The average Bonchev–Trinajstić information content (AvgIpc) is 3.16. The summed E-state index contributed by atoms with van der Waals surface area (Å²) in [5.74, 6) is 0.496. The molecule has 0 saturated heterocycles. The summed E-state index contributed by atoms with van der Waals surface area (Å²) in [6.07, 6.45) is 0. The van der Waals surface area contributed by atoms with Gasteiger partial charge in [-0.3, -0.25) is 10.1 Å². The second kappa shape index (κ2) is 9.27. The summed E-state index contributed by atoms with van der Waals surface area (Å²) in [4.78, 5) is 12.5. The van der Waals surface area contributed by atoms with Crippen LogP contribution < -0.4 is 15.4 Å². The molecule has 7 heteroatoms. The van der Waals surface area contributed by atoms with Crippen LogP contribution in [0.5, 0.6) is 5.75 Å². The molecule has 0 atom stereocenters. The molecule has 0 saturated carbocycles. The van der Waals surface area contributed by atoms with E-state index in [0.29, 0.717) is 23.6 Å². The Hall–Kier alpha value is -2.91. The van der Waals surface area contributed by atoms with Crippen LogP contribution >= 0.6 is 34.8 Å². The van der Waals surface area contributed by atoms with Crippen LogP contribution in [0.2, 0.25) is 0 Å². The van der Waals surface area contributed by atoms with E-state index in [9.17, 15) is 4.79 Å². The van der Waals surface area contributed by atoms with Crippen LogP contribution in [0, 0.1) is 3.57 Å². The Bertz CT molecular complexity index is 1210. The summed E-state index contributed by atoms with van der Waals surface area (Å²) in [5.41, 5.74) is 2.45. The van der Waals surface area contributed by atoms with E-state index in [0.717, 1.165) is 14.5 Å². The summed E-state index contributed by atoms with van der Waals surface area (Å²) in [7, 11) is 0. The molecule has 1 heterocycles. The molecular formula is C23H17IN2O3S. The van der Waals surface area contributed by atoms with Gasteiger partial charge in [0.2, 0.25) is 0 Å². The number of halogens is 1. The van der Waals surface area contributed by atoms with Crippen LogP contribution in [0.4, 0.5) is 5.69 Å². The van der Waals surface area contributed by atoms with Crippen molar-refractivity contribution in [3.63, 3.8) is 0 Å². The third kappa shape index (κ3) is 5.17. The molecule has 5 nitrogen and oxygen atoms in total. The van der Waals surface area contributed by atoms with Crippen molar-refractivity contribution in [2.45, 2.75) is 6.61 Å². The summed E-state index contributed by atoms with van der Waals surface area (Å²) in [6.45, 7) is 0.469. The van der Waals surface area contributed by atoms with E-state index in [4.69, 9.17) is 21.4 Å². The van der Waals surface area contributed by atoms with Crippen LogP contribution in [-0.4, -0.2) is 11.0 Å². The van der Waals surface area contributed by atoms with Crippen LogP contribution in [-0.2, 0) is 6.61 Å². The van der Waals surface area contributed by atoms with Gasteiger partial charge in [0.25, 0.3) is 5.91 Å². The Morgan fingerprint density at radius 1 is 1.00 bits per heavy atom. The van der Waals surface area contributed by atoms with E-state index < -0.39 is 5.91 Å². The fourth-order valence-corrected chi connectivity index (χ4v) is 3.58. The number of anilines is 1. The number of thiocarbonyl (C=S) groups is 1. The number of rotatable bonds is 5. The number of furan rings is 1. The molecular weight excluding hydrogens is 511 g/mol. The average molecular weight is 528 g/mol. The maximum absolute atomic E-state index is 12.5. The minimum atomic E-state index is -0.407. The third-order valence-electron chi connectivity index (χ3n) is 4.27. The lowest BCUT2D eigenvalue weighted by molar-refractivity contribution is 0.0953. The highest BCUT2D eigenvalue weighted by Crippen LogP contribution is 2.22. The first-order chi connectivity index (χ1) is 14.6. The highest BCUT2D eigenvalue weighted by Gasteiger charge is 2.14. The second-order valence-electron chi connectivity index (χ2n) is 6.50. The smallest absolute Gasteiger partial charge is 0.293 e. The minimum absolute atomic E-state index is 0.176. The maximum atomic E-state index is 12.5. The molecule has 0 fully saturated rings. The zero-order valence-electron chi connectivity index (χ0n) is 15.7. The van der Waals surface area contributed by atoms with Gasteiger partial charge >= 0.3 is 0 Å². The van der Waals surface area contributed by atoms with E-state index in [1.807, 2.05) is 72.8 Å². The fourth-order valence-electron chi connectivity index (χ4n) is 2.86. The standard InChI is InChI=1S/C23H17IN2O3S/c24-17-9-10-20-16(11-17)12-21(29-20)22(27)26-23(30)25-18-7-4-8-19(13-18)28-14-15-5-2-1-3-6-15/h1-13H,14H2,(H2,25,26,27,30). The van der Waals surface area contributed by atoms with Crippen molar-refractivity contribution in [1.29, 1.82) is 0 Å². The van der Waals surface area contributed by atoms with Crippen molar-refractivity contribution in [2.75, 3.05) is 5.32 Å². The monoisotopic (exact) mass is 528 g/mol. The summed E-state index contributed by atoms with van der Waals surface area (Å²) < 4.78 is 12.5. The molecule has 1 aromatic heterocycles. The molecule has 1 amide bonds. The Morgan fingerprint density at radius 2 is 1.83 bits per heavy atom. The maximum Gasteiger partial charge on any atom is 0.293 e. The number of benzene rings is 3. The number of nitrogens with one attached hydrogen (secondary N) is 2. The molecule has 0 aliphatic rings. The summed E-state index contributed by atoms with van der Waals surface area (Å²) in [5, 5.41) is 6.69. The van der Waals surface area contributed by atoms with Crippen LogP contribution in [0.3, 0.4) is 0 Å². The molecule has 4 rings (SSSR count). The zero-order valence-corrected chi connectivity index (χ0v) is 18.7. The Kier molecular flexibility index (Phi) is 6.29. The van der Waals surface area contributed by atoms with Gasteiger partial charge < -0.3 is 14.5 Å². The number of fused-ring (bicyclic) bond motifs is 1. The lowest BCUT2D eigenvalue weighted by Crippen LogP contribution is -2.33. The molecule has 0 spiro atoms. The van der Waals surface area contributed by atoms with Gasteiger partial charge in [-0.1, -0.05) is 36.4 Å². The predicted molar refractivity (Wildman–Crippen MR) is 130 cm³/mol. The summed E-state index contributed by atoms with van der Waals surface area (Å²) in [6, 6.07) is 24.7. The number of ether oxygens (including phenoxy) is 1. The SMILES string of the molecule is O=C(NC(=S)Nc1cccc(OCc2ccccc2)c1)c1cc2cc(I)ccc2o1. The highest BCUT2D eigenvalue weighted by molar-refractivity contribution is 14.1. The van der Waals surface area contributed by atoms with Crippen LogP contribution in [0.25, 0.3) is 11.0 Å². The highest BCUT2D eigenvalue weighted by atomic mass is 127. The van der Waals surface area contributed by atoms with Crippen LogP contribution in [0.15, 0.2) is 83.3 Å². The van der Waals surface area contributed by atoms with E-state index in [2.05, 4.69) is 33.2 Å². The quantitative estimate of drug-likeness (QED) is 0.256. The molecule has 0 aliphatic carbocycles. The number of carbonyl (C=O) groups is 1. The first-order valence-corrected chi connectivity index (χ1v) is 10.6. The van der Waals surface area contributed by atoms with Gasteiger partial charge in [0.05, 0.1) is 0 Å². The molecule has 150 valence electrons. The number of carbonyl (C=O) groups excluding carboxylic acids is 1. The van der Waals surface area contributed by atoms with Crippen molar-refractivity contribution in [1.82, 2.24) is 5.32 Å². The van der Waals surface area contributed by atoms with E-state index in [1.165, 1.54) is 0 Å². The van der Waals surface area contributed by atoms with Crippen molar-refractivity contribution in [3.05, 3.63) is 93.8 Å². The van der Waals surface area contributed by atoms with E-state index in [-0.39, 0.29) is 10.9 Å². The van der Waals surface area contributed by atoms with Gasteiger partial charge in [0.1, 0.15) is 17.9 Å². The molecule has 4 aromatic rings. The topological polar surface area (TPSA) is 63.5 Å². The largest absolute Gasteiger partial charge is 0.489 e. The molecule has 30 heavy (non-hydrogen) atoms. The molecule has 0 radical (unpaired) electrons. The van der Waals surface area contributed by atoms with Gasteiger partial charge in [-0.05, 0) is 76.8 Å². The second-order valence-corrected chi connectivity index (χ2v) is 8.16. The first kappa shape index (κ1) is 20.4. The Labute approximate surface area is 192 Å². The Morgan fingerprint density at radius 3 is 2.67 bits per heavy atom. The Balaban J connectivity index is 1.36. The third-order valence-corrected chi connectivity index (χ3v) is 5.14. The zero-order chi connectivity index (χ0) is 20.9. The van der Waals surface area contributed by atoms with Gasteiger partial charge in [-0.2, -0.15) is 0 Å². The van der Waals surface area contributed by atoms with Crippen LogP contribution in [0.1, 0.15) is 16.1 Å². The molecule has 2 N–H and O–H groups in total. The van der Waals surface area contributed by atoms with E-state index >= 15 is 0 Å². The van der Waals surface area contributed by atoms with Crippen molar-refractivity contribution < 1.29 is 13.9 Å². The van der Waals surface area contributed by atoms with Crippen molar-refractivity contribution >= 4 is 62.5 Å². The molecule has 3 aromatic carbocycles.